The van der Waals surface area contributed by atoms with Crippen LogP contribution in [0, 0.1) is 0 Å². The zero-order chi connectivity index (χ0) is 16.2. The van der Waals surface area contributed by atoms with E-state index in [0.29, 0.717) is 10.1 Å². The van der Waals surface area contributed by atoms with Crippen molar-refractivity contribution in [2.24, 2.45) is 4.99 Å². The monoisotopic (exact) mass is 324 g/mol. The molecule has 116 valence electrons. The van der Waals surface area contributed by atoms with Crippen LogP contribution in [0.5, 0.6) is 5.75 Å². The number of benzene rings is 2. The number of amides is 1. The molecule has 2 aromatic rings. The van der Waals surface area contributed by atoms with Gasteiger partial charge in [-0.05, 0) is 59.7 Å². The molecule has 0 aromatic heterocycles. The lowest BCUT2D eigenvalue weighted by Crippen LogP contribution is -2.19. The van der Waals surface area contributed by atoms with E-state index in [-0.39, 0.29) is 11.7 Å². The summed E-state index contributed by atoms with van der Waals surface area (Å²) in [5, 5.41) is 12.8. The van der Waals surface area contributed by atoms with Crippen molar-refractivity contribution in [1.29, 1.82) is 0 Å². The fraction of sp³-hybridized carbons (Fsp3) is 0.111. The van der Waals surface area contributed by atoms with Crippen LogP contribution >= 0.6 is 11.8 Å². The van der Waals surface area contributed by atoms with Gasteiger partial charge in [0.15, 0.2) is 5.17 Å². The topological polar surface area (TPSA) is 61.7 Å². The van der Waals surface area contributed by atoms with E-state index >= 15 is 0 Å². The van der Waals surface area contributed by atoms with Crippen molar-refractivity contribution in [2.45, 2.75) is 13.3 Å². The van der Waals surface area contributed by atoms with Crippen LogP contribution in [-0.4, -0.2) is 16.2 Å². The Morgan fingerprint density at radius 1 is 1.22 bits per heavy atom. The summed E-state index contributed by atoms with van der Waals surface area (Å²) in [6.07, 6.45) is 2.72. The van der Waals surface area contributed by atoms with Gasteiger partial charge in [0.2, 0.25) is 0 Å². The molecule has 0 bridgehead atoms. The van der Waals surface area contributed by atoms with E-state index in [9.17, 15) is 9.90 Å². The van der Waals surface area contributed by atoms with E-state index < -0.39 is 0 Å². The first kappa shape index (κ1) is 15.4. The Kier molecular flexibility index (Phi) is 4.48. The number of thioether (sulfide) groups is 1. The normalized spacial score (nSPS) is 17.7. The smallest absolute Gasteiger partial charge is 0.264 e. The molecule has 1 aliphatic heterocycles. The molecule has 3 rings (SSSR count). The molecule has 5 heteroatoms. The van der Waals surface area contributed by atoms with Gasteiger partial charge in [-0.15, -0.1) is 0 Å². The maximum Gasteiger partial charge on any atom is 0.264 e. The van der Waals surface area contributed by atoms with Crippen LogP contribution in [0.1, 0.15) is 18.1 Å². The van der Waals surface area contributed by atoms with Crippen LogP contribution in [0.3, 0.4) is 0 Å². The fourth-order valence-corrected chi connectivity index (χ4v) is 3.01. The quantitative estimate of drug-likeness (QED) is 0.843. The maximum atomic E-state index is 12.0. The summed E-state index contributed by atoms with van der Waals surface area (Å²) in [6.45, 7) is 2.10. The highest BCUT2D eigenvalue weighted by molar-refractivity contribution is 8.18. The Hall–Kier alpha value is -2.53. The van der Waals surface area contributed by atoms with Crippen molar-refractivity contribution >= 4 is 34.6 Å². The molecule has 0 radical (unpaired) electrons. The van der Waals surface area contributed by atoms with Crippen LogP contribution in [0.25, 0.3) is 6.08 Å². The highest BCUT2D eigenvalue weighted by atomic mass is 32.2. The largest absolute Gasteiger partial charge is 0.508 e. The number of aliphatic imine (C=N–C) groups is 1. The predicted octanol–water partition coefficient (Wildman–Crippen LogP) is 3.85. The van der Waals surface area contributed by atoms with E-state index in [1.54, 1.807) is 24.3 Å². The van der Waals surface area contributed by atoms with Crippen LogP contribution < -0.4 is 5.32 Å². The van der Waals surface area contributed by atoms with Gasteiger partial charge in [0.25, 0.3) is 5.91 Å². The first-order chi connectivity index (χ1) is 11.1. The van der Waals surface area contributed by atoms with Gasteiger partial charge in [0.05, 0.1) is 10.6 Å². The van der Waals surface area contributed by atoms with Crippen LogP contribution in [0.2, 0.25) is 0 Å². The number of rotatable bonds is 3. The summed E-state index contributed by atoms with van der Waals surface area (Å²) < 4.78 is 0. The Bertz CT molecular complexity index is 795. The summed E-state index contributed by atoms with van der Waals surface area (Å²) in [4.78, 5) is 17.0. The average Bonchev–Trinajstić information content (AvgIpc) is 2.87. The van der Waals surface area contributed by atoms with Crippen LogP contribution in [0.4, 0.5) is 5.69 Å². The third-order valence-electron chi connectivity index (χ3n) is 3.39. The highest BCUT2D eigenvalue weighted by Gasteiger charge is 2.23. The van der Waals surface area contributed by atoms with E-state index in [4.69, 9.17) is 0 Å². The number of phenols is 1. The van der Waals surface area contributed by atoms with Gasteiger partial charge in [0.1, 0.15) is 5.75 Å². The van der Waals surface area contributed by atoms with E-state index in [1.807, 2.05) is 30.3 Å². The molecule has 0 saturated carbocycles. The van der Waals surface area contributed by atoms with Crippen molar-refractivity contribution in [3.05, 3.63) is 64.6 Å². The minimum Gasteiger partial charge on any atom is -0.508 e. The standard InChI is InChI=1S/C18H16N2O2S/c1-2-12-6-8-14(9-7-12)19-18-20-17(22)16(23-18)11-13-4-3-5-15(21)10-13/h3-11,21H,2H2,1H3,(H,19,20,22). The minimum atomic E-state index is -0.178. The molecule has 0 spiro atoms. The highest BCUT2D eigenvalue weighted by Crippen LogP contribution is 2.28. The van der Waals surface area contributed by atoms with Gasteiger partial charge in [0, 0.05) is 0 Å². The minimum absolute atomic E-state index is 0.174. The molecule has 1 fully saturated rings. The SMILES string of the molecule is CCc1ccc(N=C2NC(=O)C(=Cc3cccc(O)c3)S2)cc1. The lowest BCUT2D eigenvalue weighted by atomic mass is 10.2. The molecule has 1 amide bonds. The second-order valence-corrected chi connectivity index (χ2v) is 6.13. The van der Waals surface area contributed by atoms with Crippen molar-refractivity contribution in [2.75, 3.05) is 0 Å². The summed E-state index contributed by atoms with van der Waals surface area (Å²) >= 11 is 1.29. The number of nitrogens with zero attached hydrogens (tertiary/aromatic N) is 1. The summed E-state index contributed by atoms with van der Waals surface area (Å²) in [6, 6.07) is 14.7. The van der Waals surface area contributed by atoms with E-state index in [1.165, 1.54) is 17.3 Å². The van der Waals surface area contributed by atoms with Crippen molar-refractivity contribution in [1.82, 2.24) is 5.32 Å². The van der Waals surface area contributed by atoms with Gasteiger partial charge < -0.3 is 10.4 Å². The molecule has 0 aliphatic carbocycles. The average molecular weight is 324 g/mol. The van der Waals surface area contributed by atoms with Gasteiger partial charge >= 0.3 is 0 Å². The zero-order valence-electron chi connectivity index (χ0n) is 12.6. The molecule has 4 nitrogen and oxygen atoms in total. The summed E-state index contributed by atoms with van der Waals surface area (Å²) in [5.74, 6) is -0.00469. The molecular formula is C18H16N2O2S. The molecule has 23 heavy (non-hydrogen) atoms. The molecular weight excluding hydrogens is 308 g/mol. The number of aromatic hydroxyl groups is 1. The number of amidine groups is 1. The lowest BCUT2D eigenvalue weighted by Gasteiger charge is -1.98. The Morgan fingerprint density at radius 2 is 2.00 bits per heavy atom. The van der Waals surface area contributed by atoms with Crippen molar-refractivity contribution < 1.29 is 9.90 Å². The number of carbonyl (C=O) groups is 1. The Labute approximate surface area is 139 Å². The van der Waals surface area contributed by atoms with Crippen molar-refractivity contribution in [3.63, 3.8) is 0 Å². The number of hydrogen-bond donors (Lipinski definition) is 2. The van der Waals surface area contributed by atoms with E-state index in [2.05, 4.69) is 17.2 Å². The molecule has 0 atom stereocenters. The number of nitrogens with one attached hydrogen (secondary N) is 1. The second kappa shape index (κ2) is 6.71. The van der Waals surface area contributed by atoms with E-state index in [0.717, 1.165) is 17.7 Å². The molecule has 2 aromatic carbocycles. The number of phenolic OH excluding ortho intramolecular Hbond substituents is 1. The number of carbonyl (C=O) groups excluding carboxylic acids is 1. The molecule has 2 N–H and O–H groups in total. The number of hydrogen-bond acceptors (Lipinski definition) is 4. The Morgan fingerprint density at radius 3 is 2.70 bits per heavy atom. The van der Waals surface area contributed by atoms with Crippen LogP contribution in [-0.2, 0) is 11.2 Å². The number of aryl methyl sites for hydroxylation is 1. The van der Waals surface area contributed by atoms with Crippen LogP contribution in [0.15, 0.2) is 58.4 Å². The lowest BCUT2D eigenvalue weighted by molar-refractivity contribution is -0.115. The maximum absolute atomic E-state index is 12.0. The first-order valence-electron chi connectivity index (χ1n) is 7.31. The fourth-order valence-electron chi connectivity index (χ4n) is 2.17. The zero-order valence-corrected chi connectivity index (χ0v) is 13.4. The molecule has 1 heterocycles. The van der Waals surface area contributed by atoms with Gasteiger partial charge in [-0.1, -0.05) is 31.2 Å². The summed E-state index contributed by atoms with van der Waals surface area (Å²) in [5.41, 5.74) is 2.83. The molecule has 0 unspecified atom stereocenters. The second-order valence-electron chi connectivity index (χ2n) is 5.10. The van der Waals surface area contributed by atoms with Crippen molar-refractivity contribution in [3.8, 4) is 5.75 Å². The predicted molar refractivity (Wildman–Crippen MR) is 94.7 cm³/mol. The van der Waals surface area contributed by atoms with Gasteiger partial charge in [-0.2, -0.15) is 0 Å². The third-order valence-corrected chi connectivity index (χ3v) is 4.30. The van der Waals surface area contributed by atoms with Gasteiger partial charge in [-0.25, -0.2) is 4.99 Å². The third kappa shape index (κ3) is 3.81. The molecule has 1 saturated heterocycles. The Balaban J connectivity index is 1.80. The van der Waals surface area contributed by atoms with Gasteiger partial charge in [-0.3, -0.25) is 4.79 Å². The summed E-state index contributed by atoms with van der Waals surface area (Å²) in [7, 11) is 0. The first-order valence-corrected chi connectivity index (χ1v) is 8.13. The molecule has 1 aliphatic rings.